The van der Waals surface area contributed by atoms with E-state index in [1.54, 1.807) is 0 Å². The zero-order valence-electron chi connectivity index (χ0n) is 16.7. The average molecular weight is 453 g/mol. The molecule has 0 aliphatic carbocycles. The van der Waals surface area contributed by atoms with Crippen LogP contribution in [-0.4, -0.2) is 51.5 Å². The van der Waals surface area contributed by atoms with Crippen LogP contribution in [0, 0.1) is 0 Å². The molecular weight excluding hydrogens is 428 g/mol. The molecule has 1 aliphatic heterocycles. The Morgan fingerprint density at radius 2 is 2.03 bits per heavy atom. The Morgan fingerprint density at radius 1 is 1.27 bits per heavy atom. The van der Waals surface area contributed by atoms with E-state index in [2.05, 4.69) is 5.32 Å². The molecular formula is C21H25ClN2O5S. The second-order valence-corrected chi connectivity index (χ2v) is 9.34. The molecule has 1 atom stereocenters. The van der Waals surface area contributed by atoms with Crippen molar-refractivity contribution in [1.82, 2.24) is 9.62 Å². The van der Waals surface area contributed by atoms with E-state index in [-0.39, 0.29) is 35.0 Å². The fourth-order valence-electron chi connectivity index (χ4n) is 3.22. The molecule has 1 N–H and O–H groups in total. The van der Waals surface area contributed by atoms with Gasteiger partial charge in [0.25, 0.3) is 0 Å². The molecule has 0 saturated carbocycles. The Kier molecular flexibility index (Phi) is 7.71. The summed E-state index contributed by atoms with van der Waals surface area (Å²) in [6.07, 6.45) is 1.83. The predicted octanol–water partition coefficient (Wildman–Crippen LogP) is 2.83. The second-order valence-electron chi connectivity index (χ2n) is 6.99. The van der Waals surface area contributed by atoms with Gasteiger partial charge in [0.1, 0.15) is 5.75 Å². The van der Waals surface area contributed by atoms with Crippen molar-refractivity contribution in [1.29, 1.82) is 0 Å². The highest BCUT2D eigenvalue weighted by atomic mass is 35.5. The fraction of sp³-hybridized carbons (Fsp3) is 0.381. The Bertz CT molecular complexity index is 963. The summed E-state index contributed by atoms with van der Waals surface area (Å²) >= 11 is 6.13. The molecule has 2 aromatic rings. The monoisotopic (exact) mass is 452 g/mol. The first-order valence-electron chi connectivity index (χ1n) is 9.66. The van der Waals surface area contributed by atoms with Crippen molar-refractivity contribution < 1.29 is 22.7 Å². The van der Waals surface area contributed by atoms with E-state index in [1.165, 1.54) is 25.3 Å². The third-order valence-corrected chi connectivity index (χ3v) is 6.92. The third-order valence-electron chi connectivity index (χ3n) is 4.83. The lowest BCUT2D eigenvalue weighted by molar-refractivity contribution is -0.121. The molecule has 1 heterocycles. The standard InChI is InChI=1S/C21H25ClN2O5S/c1-28-20-10-9-18(12-19(20)22)30(26,27)24(14-16-6-3-2-4-7-16)15-21(25)23-13-17-8-5-11-29-17/h2-4,6-7,9-10,12,17H,5,8,11,13-15H2,1H3,(H,23,25). The largest absolute Gasteiger partial charge is 0.495 e. The normalized spacial score (nSPS) is 16.6. The molecule has 0 bridgehead atoms. The van der Waals surface area contributed by atoms with Crippen molar-refractivity contribution >= 4 is 27.5 Å². The topological polar surface area (TPSA) is 84.9 Å². The molecule has 0 aromatic heterocycles. The summed E-state index contributed by atoms with van der Waals surface area (Å²) in [6, 6.07) is 13.4. The molecule has 3 rings (SSSR count). The van der Waals surface area contributed by atoms with Crippen molar-refractivity contribution in [2.24, 2.45) is 0 Å². The van der Waals surface area contributed by atoms with Crippen molar-refractivity contribution in [3.8, 4) is 5.75 Å². The lowest BCUT2D eigenvalue weighted by Crippen LogP contribution is -2.42. The van der Waals surface area contributed by atoms with Crippen LogP contribution in [-0.2, 0) is 26.1 Å². The number of nitrogens with one attached hydrogen (secondary N) is 1. The fourth-order valence-corrected chi connectivity index (χ4v) is 4.95. The SMILES string of the molecule is COc1ccc(S(=O)(=O)N(CC(=O)NCC2CCCO2)Cc2ccccc2)cc1Cl. The maximum Gasteiger partial charge on any atom is 0.243 e. The van der Waals surface area contributed by atoms with Gasteiger partial charge in [-0.1, -0.05) is 41.9 Å². The Morgan fingerprint density at radius 3 is 2.67 bits per heavy atom. The number of nitrogens with zero attached hydrogens (tertiary/aromatic N) is 1. The quantitative estimate of drug-likeness (QED) is 0.632. The van der Waals surface area contributed by atoms with Crippen molar-refractivity contribution in [3.63, 3.8) is 0 Å². The summed E-state index contributed by atoms with van der Waals surface area (Å²) in [4.78, 5) is 12.5. The van der Waals surface area contributed by atoms with Crippen LogP contribution in [0.1, 0.15) is 18.4 Å². The molecule has 1 aliphatic rings. The van der Waals surface area contributed by atoms with Crippen LogP contribution in [0.25, 0.3) is 0 Å². The van der Waals surface area contributed by atoms with Crippen LogP contribution < -0.4 is 10.1 Å². The molecule has 30 heavy (non-hydrogen) atoms. The number of halogens is 1. The first kappa shape index (κ1) is 22.6. The summed E-state index contributed by atoms with van der Waals surface area (Å²) < 4.78 is 38.4. The number of amides is 1. The highest BCUT2D eigenvalue weighted by Crippen LogP contribution is 2.29. The van der Waals surface area contributed by atoms with Gasteiger partial charge in [-0.3, -0.25) is 4.79 Å². The van der Waals surface area contributed by atoms with Crippen LogP contribution in [0.3, 0.4) is 0 Å². The zero-order valence-corrected chi connectivity index (χ0v) is 18.3. The van der Waals surface area contributed by atoms with E-state index >= 15 is 0 Å². The first-order valence-corrected chi connectivity index (χ1v) is 11.5. The van der Waals surface area contributed by atoms with Gasteiger partial charge in [-0.25, -0.2) is 8.42 Å². The number of hydrogen-bond donors (Lipinski definition) is 1. The summed E-state index contributed by atoms with van der Waals surface area (Å²) in [6.45, 7) is 0.799. The van der Waals surface area contributed by atoms with Gasteiger partial charge < -0.3 is 14.8 Å². The minimum Gasteiger partial charge on any atom is -0.495 e. The van der Waals surface area contributed by atoms with Gasteiger partial charge in [-0.05, 0) is 36.6 Å². The van der Waals surface area contributed by atoms with Crippen LogP contribution in [0.2, 0.25) is 5.02 Å². The lowest BCUT2D eigenvalue weighted by Gasteiger charge is -2.23. The number of rotatable bonds is 9. The number of hydrogen-bond acceptors (Lipinski definition) is 5. The zero-order chi connectivity index (χ0) is 21.6. The van der Waals surface area contributed by atoms with Gasteiger partial charge >= 0.3 is 0 Å². The molecule has 2 aromatic carbocycles. The van der Waals surface area contributed by atoms with Gasteiger partial charge in [0, 0.05) is 19.7 Å². The summed E-state index contributed by atoms with van der Waals surface area (Å²) in [5.41, 5.74) is 0.771. The van der Waals surface area contributed by atoms with Crippen molar-refractivity contribution in [2.45, 2.75) is 30.4 Å². The van der Waals surface area contributed by atoms with E-state index < -0.39 is 10.0 Å². The highest BCUT2D eigenvalue weighted by Gasteiger charge is 2.28. The molecule has 9 heteroatoms. The second kappa shape index (κ2) is 10.3. The molecule has 1 unspecified atom stereocenters. The maximum absolute atomic E-state index is 13.3. The predicted molar refractivity (Wildman–Crippen MR) is 114 cm³/mol. The first-order chi connectivity index (χ1) is 14.4. The van der Waals surface area contributed by atoms with E-state index in [0.29, 0.717) is 18.9 Å². The lowest BCUT2D eigenvalue weighted by atomic mass is 10.2. The average Bonchev–Trinajstić information content (AvgIpc) is 3.26. The van der Waals surface area contributed by atoms with E-state index in [1.807, 2.05) is 30.3 Å². The van der Waals surface area contributed by atoms with Gasteiger partial charge in [0.15, 0.2) is 0 Å². The molecule has 1 saturated heterocycles. The van der Waals surface area contributed by atoms with Gasteiger partial charge in [-0.2, -0.15) is 4.31 Å². The highest BCUT2D eigenvalue weighted by molar-refractivity contribution is 7.89. The van der Waals surface area contributed by atoms with Crippen molar-refractivity contribution in [3.05, 3.63) is 59.1 Å². The Balaban J connectivity index is 1.80. The molecule has 7 nitrogen and oxygen atoms in total. The maximum atomic E-state index is 13.3. The van der Waals surface area contributed by atoms with Gasteiger partial charge in [0.2, 0.25) is 15.9 Å². The van der Waals surface area contributed by atoms with E-state index in [9.17, 15) is 13.2 Å². The number of methoxy groups -OCH3 is 1. The van der Waals surface area contributed by atoms with Gasteiger partial charge in [0.05, 0.1) is 29.7 Å². The smallest absolute Gasteiger partial charge is 0.243 e. The van der Waals surface area contributed by atoms with Crippen LogP contribution in [0.15, 0.2) is 53.4 Å². The minimum atomic E-state index is -3.98. The Labute approximate surface area is 182 Å². The number of sulfonamides is 1. The molecule has 1 amide bonds. The molecule has 162 valence electrons. The number of benzene rings is 2. The molecule has 0 radical (unpaired) electrons. The van der Waals surface area contributed by atoms with Crippen LogP contribution >= 0.6 is 11.6 Å². The number of carbonyl (C=O) groups is 1. The summed E-state index contributed by atoms with van der Waals surface area (Å²) in [5, 5.41) is 2.96. The molecule has 1 fully saturated rings. The van der Waals surface area contributed by atoms with Crippen LogP contribution in [0.4, 0.5) is 0 Å². The van der Waals surface area contributed by atoms with E-state index in [4.69, 9.17) is 21.1 Å². The minimum absolute atomic E-state index is 0.00356. The Hall–Kier alpha value is -2.13. The van der Waals surface area contributed by atoms with E-state index in [0.717, 1.165) is 22.7 Å². The van der Waals surface area contributed by atoms with Crippen LogP contribution in [0.5, 0.6) is 5.75 Å². The third kappa shape index (κ3) is 5.72. The summed E-state index contributed by atoms with van der Waals surface area (Å²) in [5.74, 6) is -0.0100. The van der Waals surface area contributed by atoms with Gasteiger partial charge in [-0.15, -0.1) is 0 Å². The number of ether oxygens (including phenoxy) is 2. The van der Waals surface area contributed by atoms with Crippen molar-refractivity contribution in [2.75, 3.05) is 26.8 Å². The summed E-state index contributed by atoms with van der Waals surface area (Å²) in [7, 11) is -2.52. The number of carbonyl (C=O) groups excluding carboxylic acids is 1. The molecule has 0 spiro atoms.